The largest absolute Gasteiger partial charge is 0.342 e. The number of nitrogens with one attached hydrogen (secondary N) is 2. The number of rotatable bonds is 3. The number of aromatic amines is 1. The van der Waals surface area contributed by atoms with Gasteiger partial charge in [0.15, 0.2) is 5.69 Å². The number of nitriles is 1. The number of sulfonamides is 1. The average molecular weight is 317 g/mol. The molecule has 3 rings (SSSR count). The summed E-state index contributed by atoms with van der Waals surface area (Å²) in [5, 5.41) is 19.5. The summed E-state index contributed by atoms with van der Waals surface area (Å²) in [4.78, 5) is 0. The first-order valence-corrected chi connectivity index (χ1v) is 7.74. The lowest BCUT2D eigenvalue weighted by molar-refractivity contribution is 0.337. The monoisotopic (exact) mass is 317 g/mol. The first-order chi connectivity index (χ1) is 10.4. The minimum atomic E-state index is -3.90. The highest BCUT2D eigenvalue weighted by atomic mass is 32.2. The molecule has 1 aromatic carbocycles. The van der Waals surface area contributed by atoms with Crippen molar-refractivity contribution in [2.45, 2.75) is 18.9 Å². The second kappa shape index (κ2) is 4.85. The van der Waals surface area contributed by atoms with Crippen molar-refractivity contribution in [1.29, 1.82) is 5.26 Å². The Kier molecular flexibility index (Phi) is 3.11. The van der Waals surface area contributed by atoms with Gasteiger partial charge >= 0.3 is 0 Å². The van der Waals surface area contributed by atoms with Crippen molar-refractivity contribution in [3.63, 3.8) is 0 Å². The fraction of sp³-hybridized carbons (Fsp3) is 0.154. The maximum absolute atomic E-state index is 12.3. The minimum absolute atomic E-state index is 0.212. The van der Waals surface area contributed by atoms with Crippen LogP contribution in [0.15, 0.2) is 27.8 Å². The fourth-order valence-corrected chi connectivity index (χ4v) is 3.15. The van der Waals surface area contributed by atoms with Crippen LogP contribution in [-0.2, 0) is 10.0 Å². The minimum Gasteiger partial charge on any atom is -0.342 e. The average Bonchev–Trinajstić information content (AvgIpc) is 3.08. The van der Waals surface area contributed by atoms with Crippen molar-refractivity contribution < 1.29 is 12.9 Å². The fourth-order valence-electron chi connectivity index (χ4n) is 2.12. The van der Waals surface area contributed by atoms with E-state index in [4.69, 9.17) is 9.78 Å². The highest BCUT2D eigenvalue weighted by Crippen LogP contribution is 2.28. The topological polar surface area (TPSA) is 125 Å². The number of anilines is 1. The quantitative estimate of drug-likeness (QED) is 0.759. The van der Waals surface area contributed by atoms with E-state index in [9.17, 15) is 8.42 Å². The Labute approximate surface area is 125 Å². The second-order valence-corrected chi connectivity index (χ2v) is 6.37. The molecule has 112 valence electrons. The van der Waals surface area contributed by atoms with Crippen LogP contribution in [0.1, 0.15) is 17.0 Å². The molecular formula is C13H11N5O3S. The molecule has 0 fully saturated rings. The van der Waals surface area contributed by atoms with E-state index >= 15 is 0 Å². The van der Waals surface area contributed by atoms with Crippen molar-refractivity contribution >= 4 is 26.6 Å². The maximum Gasteiger partial charge on any atom is 0.298 e. The highest BCUT2D eigenvalue weighted by molar-refractivity contribution is 7.92. The molecular weight excluding hydrogens is 306 g/mol. The number of fused-ring (bicyclic) bond motifs is 1. The molecule has 2 heterocycles. The Morgan fingerprint density at radius 2 is 2.14 bits per heavy atom. The Hall–Kier alpha value is -2.86. The van der Waals surface area contributed by atoms with Gasteiger partial charge in [-0.2, -0.15) is 18.8 Å². The number of hydrogen-bond donors (Lipinski definition) is 2. The lowest BCUT2D eigenvalue weighted by atomic mass is 10.1. The van der Waals surface area contributed by atoms with Crippen LogP contribution < -0.4 is 4.72 Å². The smallest absolute Gasteiger partial charge is 0.298 e. The van der Waals surface area contributed by atoms with E-state index in [2.05, 4.69) is 20.1 Å². The molecule has 0 saturated carbocycles. The van der Waals surface area contributed by atoms with E-state index in [1.165, 1.54) is 6.07 Å². The molecule has 0 aliphatic heterocycles. The molecule has 0 bridgehead atoms. The van der Waals surface area contributed by atoms with Gasteiger partial charge in [-0.15, -0.1) is 0 Å². The first-order valence-electron chi connectivity index (χ1n) is 6.26. The van der Waals surface area contributed by atoms with E-state index in [-0.39, 0.29) is 16.5 Å². The van der Waals surface area contributed by atoms with Gasteiger partial charge in [0.25, 0.3) is 15.1 Å². The zero-order chi connectivity index (χ0) is 15.9. The summed E-state index contributed by atoms with van der Waals surface area (Å²) in [7, 11) is -3.90. The maximum atomic E-state index is 12.3. The van der Waals surface area contributed by atoms with Crippen LogP contribution in [0.25, 0.3) is 10.9 Å². The van der Waals surface area contributed by atoms with Gasteiger partial charge in [-0.1, -0.05) is 11.2 Å². The lowest BCUT2D eigenvalue weighted by Gasteiger charge is -2.07. The lowest BCUT2D eigenvalue weighted by Crippen LogP contribution is -2.12. The van der Waals surface area contributed by atoms with Crippen molar-refractivity contribution in [3.8, 4) is 6.07 Å². The van der Waals surface area contributed by atoms with Crippen molar-refractivity contribution in [2.24, 2.45) is 0 Å². The van der Waals surface area contributed by atoms with Crippen LogP contribution in [-0.4, -0.2) is 23.8 Å². The standard InChI is InChI=1S/C13H11N5O3S/c1-7-3-4-9(13-12(7)10(6-14)15-16-13)18-22(19,20)11-5-8(2)17-21-11/h3-5,18H,1-2H3,(H,15,16). The molecule has 2 aromatic heterocycles. The summed E-state index contributed by atoms with van der Waals surface area (Å²) >= 11 is 0. The molecule has 0 aliphatic rings. The van der Waals surface area contributed by atoms with Gasteiger partial charge in [0.05, 0.1) is 16.9 Å². The molecule has 8 nitrogen and oxygen atoms in total. The molecule has 0 radical (unpaired) electrons. The third-order valence-electron chi connectivity index (χ3n) is 3.15. The van der Waals surface area contributed by atoms with Gasteiger partial charge in [0, 0.05) is 11.5 Å². The van der Waals surface area contributed by atoms with E-state index in [1.54, 1.807) is 19.1 Å². The number of benzene rings is 1. The molecule has 0 unspecified atom stereocenters. The summed E-state index contributed by atoms with van der Waals surface area (Å²) in [6.07, 6.45) is 0. The molecule has 0 amide bonds. The Morgan fingerprint density at radius 1 is 1.36 bits per heavy atom. The normalized spacial score (nSPS) is 11.5. The van der Waals surface area contributed by atoms with Gasteiger partial charge in [-0.05, 0) is 25.5 Å². The van der Waals surface area contributed by atoms with Crippen molar-refractivity contribution in [3.05, 3.63) is 35.2 Å². The van der Waals surface area contributed by atoms with Crippen molar-refractivity contribution in [2.75, 3.05) is 4.72 Å². The zero-order valence-electron chi connectivity index (χ0n) is 11.7. The van der Waals surface area contributed by atoms with E-state index in [0.29, 0.717) is 16.6 Å². The zero-order valence-corrected chi connectivity index (χ0v) is 12.5. The molecule has 0 aliphatic carbocycles. The van der Waals surface area contributed by atoms with Gasteiger partial charge in [-0.3, -0.25) is 9.82 Å². The molecule has 3 aromatic rings. The summed E-state index contributed by atoms with van der Waals surface area (Å²) in [6, 6.07) is 6.59. The van der Waals surface area contributed by atoms with Crippen LogP contribution in [0.3, 0.4) is 0 Å². The van der Waals surface area contributed by atoms with Crippen molar-refractivity contribution in [1.82, 2.24) is 15.4 Å². The number of aromatic nitrogens is 3. The molecule has 22 heavy (non-hydrogen) atoms. The Morgan fingerprint density at radius 3 is 2.77 bits per heavy atom. The summed E-state index contributed by atoms with van der Waals surface area (Å²) < 4.78 is 31.7. The number of H-pyrrole nitrogens is 1. The van der Waals surface area contributed by atoms with Crippen LogP contribution >= 0.6 is 0 Å². The SMILES string of the molecule is Cc1cc(S(=O)(=O)Nc2ccc(C)c3c(C#N)n[nH]c23)on1. The third kappa shape index (κ3) is 2.19. The predicted octanol–water partition coefficient (Wildman–Crippen LogP) is 1.84. The van der Waals surface area contributed by atoms with Gasteiger partial charge in [-0.25, -0.2) is 0 Å². The molecule has 0 spiro atoms. The molecule has 0 atom stereocenters. The van der Waals surface area contributed by atoms with Gasteiger partial charge in [0.1, 0.15) is 6.07 Å². The van der Waals surface area contributed by atoms with Crippen LogP contribution in [0, 0.1) is 25.2 Å². The molecule has 9 heteroatoms. The Bertz CT molecular complexity index is 1010. The number of hydrogen-bond acceptors (Lipinski definition) is 6. The molecule has 0 saturated heterocycles. The second-order valence-electron chi connectivity index (χ2n) is 4.76. The van der Waals surface area contributed by atoms with Gasteiger partial charge < -0.3 is 4.52 Å². The van der Waals surface area contributed by atoms with Crippen LogP contribution in [0.4, 0.5) is 5.69 Å². The predicted molar refractivity (Wildman–Crippen MR) is 77.6 cm³/mol. The summed E-state index contributed by atoms with van der Waals surface area (Å²) in [5.74, 6) is 0. The number of aryl methyl sites for hydroxylation is 2. The molecule has 2 N–H and O–H groups in total. The third-order valence-corrected chi connectivity index (χ3v) is 4.36. The number of nitrogens with zero attached hydrogens (tertiary/aromatic N) is 3. The first kappa shape index (κ1) is 14.1. The van der Waals surface area contributed by atoms with Gasteiger partial charge in [0.2, 0.25) is 0 Å². The van der Waals surface area contributed by atoms with Crippen LogP contribution in [0.2, 0.25) is 0 Å². The Balaban J connectivity index is 2.11. The summed E-state index contributed by atoms with van der Waals surface area (Å²) in [5.41, 5.74) is 2.21. The van der Waals surface area contributed by atoms with E-state index in [0.717, 1.165) is 5.56 Å². The highest BCUT2D eigenvalue weighted by Gasteiger charge is 2.22. The van der Waals surface area contributed by atoms with E-state index in [1.807, 2.05) is 13.0 Å². The summed E-state index contributed by atoms with van der Waals surface area (Å²) in [6.45, 7) is 3.44. The van der Waals surface area contributed by atoms with Crippen LogP contribution in [0.5, 0.6) is 0 Å². The van der Waals surface area contributed by atoms with E-state index < -0.39 is 10.0 Å².